The fourth-order valence-electron chi connectivity index (χ4n) is 3.07. The number of aromatic nitrogens is 2. The number of aromatic amines is 1. The molecule has 134 valence electrons. The van der Waals surface area contributed by atoms with Crippen LogP contribution in [-0.4, -0.2) is 66.1 Å². The van der Waals surface area contributed by atoms with Crippen molar-refractivity contribution in [2.45, 2.75) is 19.4 Å². The number of hydrogen-bond acceptors (Lipinski definition) is 5. The monoisotopic (exact) mass is 344 g/mol. The summed E-state index contributed by atoms with van der Waals surface area (Å²) in [6.45, 7) is 5.02. The number of rotatable bonds is 3. The van der Waals surface area contributed by atoms with Crippen molar-refractivity contribution < 1.29 is 9.59 Å². The molecule has 3 amide bonds. The molecule has 8 nitrogen and oxygen atoms in total. The normalized spacial score (nSPS) is 17.1. The molecule has 1 aliphatic heterocycles. The van der Waals surface area contributed by atoms with Gasteiger partial charge in [0.25, 0.3) is 0 Å². The van der Waals surface area contributed by atoms with Crippen molar-refractivity contribution in [2.75, 3.05) is 38.1 Å². The van der Waals surface area contributed by atoms with E-state index in [4.69, 9.17) is 0 Å². The second-order valence-electron chi connectivity index (χ2n) is 6.20. The average Bonchev–Trinajstić information content (AvgIpc) is 2.90. The van der Waals surface area contributed by atoms with E-state index in [0.29, 0.717) is 0 Å². The molecule has 0 spiro atoms. The summed E-state index contributed by atoms with van der Waals surface area (Å²) >= 11 is 0. The zero-order valence-electron chi connectivity index (χ0n) is 14.6. The Hall–Kier alpha value is -2.61. The number of urea groups is 1. The predicted octanol–water partition coefficient (Wildman–Crippen LogP) is 0.919. The summed E-state index contributed by atoms with van der Waals surface area (Å²) in [7, 11) is 1.49. The highest BCUT2D eigenvalue weighted by Crippen LogP contribution is 2.19. The molecule has 0 bridgehead atoms. The molecular weight excluding hydrogens is 320 g/mol. The van der Waals surface area contributed by atoms with Gasteiger partial charge in [0, 0.05) is 33.2 Å². The number of fused-ring (bicyclic) bond motifs is 1. The first-order valence-electron chi connectivity index (χ1n) is 8.55. The van der Waals surface area contributed by atoms with E-state index in [1.54, 1.807) is 0 Å². The van der Waals surface area contributed by atoms with Crippen LogP contribution in [-0.2, 0) is 4.79 Å². The van der Waals surface area contributed by atoms with E-state index in [1.165, 1.54) is 7.05 Å². The lowest BCUT2D eigenvalue weighted by atomic mass is 10.2. The number of imidazole rings is 1. The summed E-state index contributed by atoms with van der Waals surface area (Å²) in [6.07, 6.45) is 0.925. The van der Waals surface area contributed by atoms with E-state index in [9.17, 15) is 9.59 Å². The number of carbonyl (C=O) groups is 2. The first kappa shape index (κ1) is 17.2. The molecule has 3 rings (SSSR count). The molecule has 0 saturated carbocycles. The average molecular weight is 344 g/mol. The van der Waals surface area contributed by atoms with Crippen molar-refractivity contribution in [1.29, 1.82) is 0 Å². The lowest BCUT2D eigenvalue weighted by Crippen LogP contribution is -2.50. The molecule has 1 saturated heterocycles. The van der Waals surface area contributed by atoms with Gasteiger partial charge in [-0.15, -0.1) is 0 Å². The molecule has 1 aromatic heterocycles. The van der Waals surface area contributed by atoms with Crippen molar-refractivity contribution >= 4 is 28.9 Å². The molecule has 1 aliphatic rings. The summed E-state index contributed by atoms with van der Waals surface area (Å²) in [5.74, 6) is 0.585. The third-order valence-corrected chi connectivity index (χ3v) is 4.60. The Balaban J connectivity index is 1.63. The number of anilines is 1. The van der Waals surface area contributed by atoms with Crippen LogP contribution in [0.3, 0.4) is 0 Å². The van der Waals surface area contributed by atoms with E-state index >= 15 is 0 Å². The second kappa shape index (κ2) is 7.52. The van der Waals surface area contributed by atoms with Crippen LogP contribution < -0.4 is 15.5 Å². The molecule has 0 radical (unpaired) electrons. The summed E-state index contributed by atoms with van der Waals surface area (Å²) in [5.41, 5.74) is 1.98. The highest BCUT2D eigenvalue weighted by molar-refractivity contribution is 5.96. The van der Waals surface area contributed by atoms with Gasteiger partial charge in [-0.1, -0.05) is 12.1 Å². The zero-order chi connectivity index (χ0) is 17.8. The Kier molecular flexibility index (Phi) is 5.18. The maximum Gasteiger partial charge on any atom is 0.321 e. The molecule has 1 atom stereocenters. The second-order valence-corrected chi connectivity index (χ2v) is 6.20. The number of nitrogens with one attached hydrogen (secondary N) is 3. The highest BCUT2D eigenvalue weighted by atomic mass is 16.2. The Morgan fingerprint density at radius 2 is 2.00 bits per heavy atom. The lowest BCUT2D eigenvalue weighted by molar-refractivity contribution is -0.124. The van der Waals surface area contributed by atoms with E-state index in [-0.39, 0.29) is 11.9 Å². The van der Waals surface area contributed by atoms with Crippen LogP contribution in [0.2, 0.25) is 0 Å². The van der Waals surface area contributed by atoms with Gasteiger partial charge in [-0.05, 0) is 25.5 Å². The van der Waals surface area contributed by atoms with Crippen molar-refractivity contribution in [2.24, 2.45) is 0 Å². The van der Waals surface area contributed by atoms with Gasteiger partial charge in [0.2, 0.25) is 11.9 Å². The van der Waals surface area contributed by atoms with E-state index in [1.807, 2.05) is 31.2 Å². The van der Waals surface area contributed by atoms with E-state index in [0.717, 1.165) is 49.6 Å². The highest BCUT2D eigenvalue weighted by Gasteiger charge is 2.25. The Labute approximate surface area is 146 Å². The number of H-pyrrole nitrogens is 1. The fraction of sp³-hybridized carbons (Fsp3) is 0.471. The van der Waals surface area contributed by atoms with Crippen LogP contribution in [0.25, 0.3) is 11.0 Å². The van der Waals surface area contributed by atoms with Crippen LogP contribution in [0.1, 0.15) is 13.3 Å². The van der Waals surface area contributed by atoms with Gasteiger partial charge < -0.3 is 15.2 Å². The number of benzene rings is 1. The smallest absolute Gasteiger partial charge is 0.321 e. The van der Waals surface area contributed by atoms with Gasteiger partial charge in [0.1, 0.15) is 0 Å². The van der Waals surface area contributed by atoms with Gasteiger partial charge in [0.05, 0.1) is 17.1 Å². The molecule has 3 N–H and O–H groups in total. The van der Waals surface area contributed by atoms with Crippen LogP contribution in [0.15, 0.2) is 24.3 Å². The van der Waals surface area contributed by atoms with Gasteiger partial charge in [0.15, 0.2) is 0 Å². The van der Waals surface area contributed by atoms with Crippen LogP contribution >= 0.6 is 0 Å². The van der Waals surface area contributed by atoms with Crippen LogP contribution in [0, 0.1) is 0 Å². The topological polar surface area (TPSA) is 93.4 Å². The maximum absolute atomic E-state index is 12.1. The van der Waals surface area contributed by atoms with Crippen molar-refractivity contribution in [1.82, 2.24) is 25.5 Å². The number of carbonyl (C=O) groups excluding carboxylic acids is 2. The van der Waals surface area contributed by atoms with Gasteiger partial charge in [-0.25, -0.2) is 9.78 Å². The number of nitrogens with zero attached hydrogens (tertiary/aromatic N) is 3. The third-order valence-electron chi connectivity index (χ3n) is 4.60. The number of para-hydroxylation sites is 2. The van der Waals surface area contributed by atoms with Crippen LogP contribution in [0.5, 0.6) is 0 Å². The molecule has 2 aromatic rings. The fourth-order valence-corrected chi connectivity index (χ4v) is 3.07. The standard InChI is InChI=1S/C17H24N6O2/c1-12(15(24)21-17(25)18-2)22-8-5-9-23(11-10-22)16-19-13-6-3-4-7-14(13)20-16/h3-4,6-7,12H,5,8-11H2,1-2H3,(H,19,20)(H2,18,21,24,25). The lowest BCUT2D eigenvalue weighted by Gasteiger charge is -2.26. The molecule has 25 heavy (non-hydrogen) atoms. The molecule has 8 heteroatoms. The zero-order valence-corrected chi connectivity index (χ0v) is 14.6. The Morgan fingerprint density at radius 1 is 1.20 bits per heavy atom. The van der Waals surface area contributed by atoms with Crippen molar-refractivity contribution in [3.05, 3.63) is 24.3 Å². The first-order chi connectivity index (χ1) is 12.1. The van der Waals surface area contributed by atoms with Gasteiger partial charge in [-0.2, -0.15) is 0 Å². The predicted molar refractivity (Wildman–Crippen MR) is 96.6 cm³/mol. The molecule has 2 heterocycles. The summed E-state index contributed by atoms with van der Waals surface area (Å²) in [5, 5.41) is 4.74. The summed E-state index contributed by atoms with van der Waals surface area (Å²) < 4.78 is 0. The summed E-state index contributed by atoms with van der Waals surface area (Å²) in [4.78, 5) is 35.8. The Bertz CT molecular complexity index is 725. The minimum atomic E-state index is -0.476. The van der Waals surface area contributed by atoms with Crippen molar-refractivity contribution in [3.8, 4) is 0 Å². The van der Waals surface area contributed by atoms with E-state index in [2.05, 4.69) is 30.4 Å². The van der Waals surface area contributed by atoms with Crippen LogP contribution in [0.4, 0.5) is 10.7 Å². The minimum Gasteiger partial charge on any atom is -0.341 e. The molecule has 1 fully saturated rings. The number of amides is 3. The summed E-state index contributed by atoms with van der Waals surface area (Å²) in [6, 6.07) is 7.14. The third kappa shape index (κ3) is 3.90. The molecule has 0 aliphatic carbocycles. The SMILES string of the molecule is CNC(=O)NC(=O)C(C)N1CCCN(c2nc3ccccc3[nH]2)CC1. The quantitative estimate of drug-likeness (QED) is 0.770. The minimum absolute atomic E-state index is 0.281. The molecule has 1 aromatic carbocycles. The largest absolute Gasteiger partial charge is 0.341 e. The Morgan fingerprint density at radius 3 is 2.76 bits per heavy atom. The van der Waals surface area contributed by atoms with Gasteiger partial charge >= 0.3 is 6.03 Å². The molecule has 1 unspecified atom stereocenters. The first-order valence-corrected chi connectivity index (χ1v) is 8.55. The van der Waals surface area contributed by atoms with E-state index < -0.39 is 6.03 Å². The molecular formula is C17H24N6O2. The van der Waals surface area contributed by atoms with Crippen molar-refractivity contribution in [3.63, 3.8) is 0 Å². The maximum atomic E-state index is 12.1. The number of hydrogen-bond donors (Lipinski definition) is 3. The number of imide groups is 1. The van der Waals surface area contributed by atoms with Gasteiger partial charge in [-0.3, -0.25) is 15.0 Å².